The number of amides is 1. The van der Waals surface area contributed by atoms with E-state index in [4.69, 9.17) is 4.74 Å². The number of nitrogens with one attached hydrogen (secondary N) is 1. The van der Waals surface area contributed by atoms with Crippen LogP contribution in [0.4, 0.5) is 0 Å². The molecule has 1 aliphatic rings. The summed E-state index contributed by atoms with van der Waals surface area (Å²) in [7, 11) is 0. The molecule has 1 N–H and O–H groups in total. The number of rotatable bonds is 4. The zero-order valence-electron chi connectivity index (χ0n) is 9.06. The average Bonchev–Trinajstić information content (AvgIpc) is 2.65. The fraction of sp³-hybridized carbons (Fsp3) is 0.900. The van der Waals surface area contributed by atoms with Crippen molar-refractivity contribution in [1.29, 1.82) is 0 Å². The first-order chi connectivity index (χ1) is 7.00. The Kier molecular flexibility index (Phi) is 5.06. The summed E-state index contributed by atoms with van der Waals surface area (Å²) in [6.07, 6.45) is 1.03. The number of ether oxygens (including phenoxy) is 1. The Morgan fingerprint density at radius 1 is 1.53 bits per heavy atom. The van der Waals surface area contributed by atoms with Gasteiger partial charge in [0.05, 0.1) is 24.2 Å². The molecule has 1 heterocycles. The highest BCUT2D eigenvalue weighted by Crippen LogP contribution is 2.21. The fourth-order valence-corrected chi connectivity index (χ4v) is 2.71. The molecule has 1 aliphatic heterocycles. The summed E-state index contributed by atoms with van der Waals surface area (Å²) in [6, 6.07) is 0. The molecule has 1 saturated heterocycles. The highest BCUT2D eigenvalue weighted by molar-refractivity contribution is 9.09. The minimum Gasteiger partial charge on any atom is -0.378 e. The molecule has 2 unspecified atom stereocenters. The first-order valence-corrected chi connectivity index (χ1v) is 7.30. The number of hydrogen-bond donors (Lipinski definition) is 1. The van der Waals surface area contributed by atoms with E-state index >= 15 is 0 Å². The summed E-state index contributed by atoms with van der Waals surface area (Å²) in [5.41, 5.74) is -0.219. The van der Waals surface area contributed by atoms with Gasteiger partial charge in [-0.1, -0.05) is 31.9 Å². The first kappa shape index (κ1) is 13.5. The maximum absolute atomic E-state index is 11.9. The molecular weight excluding hydrogens is 326 g/mol. The second kappa shape index (κ2) is 5.64. The number of carbonyl (C=O) groups is 1. The lowest BCUT2D eigenvalue weighted by atomic mass is 10.0. The summed E-state index contributed by atoms with van der Waals surface area (Å²) in [6.45, 7) is 4.56. The van der Waals surface area contributed by atoms with E-state index in [-0.39, 0.29) is 23.5 Å². The number of hydrogen-bond acceptors (Lipinski definition) is 2. The quantitative estimate of drug-likeness (QED) is 0.794. The van der Waals surface area contributed by atoms with E-state index < -0.39 is 0 Å². The van der Waals surface area contributed by atoms with E-state index in [0.717, 1.165) is 17.1 Å². The van der Waals surface area contributed by atoms with Gasteiger partial charge in [0, 0.05) is 10.7 Å². The van der Waals surface area contributed by atoms with E-state index in [9.17, 15) is 4.79 Å². The molecule has 1 amide bonds. The molecule has 0 bridgehead atoms. The van der Waals surface area contributed by atoms with Crippen molar-refractivity contribution in [3.05, 3.63) is 0 Å². The molecule has 0 spiro atoms. The standard InChI is InChI=1S/C10H17Br2NO2/c1-7-3-8(4-15-7)9(14)13-10(2,5-11)6-12/h7-8H,3-6H2,1-2H3,(H,13,14). The Labute approximate surface area is 108 Å². The van der Waals surface area contributed by atoms with Crippen molar-refractivity contribution >= 4 is 37.8 Å². The zero-order chi connectivity index (χ0) is 11.5. The third-order valence-corrected chi connectivity index (χ3v) is 5.06. The van der Waals surface area contributed by atoms with Crippen molar-refractivity contribution in [3.63, 3.8) is 0 Å². The molecule has 0 saturated carbocycles. The summed E-state index contributed by atoms with van der Waals surface area (Å²) in [4.78, 5) is 11.9. The molecule has 0 radical (unpaired) electrons. The van der Waals surface area contributed by atoms with Gasteiger partial charge in [0.25, 0.3) is 0 Å². The van der Waals surface area contributed by atoms with Crippen molar-refractivity contribution in [2.24, 2.45) is 5.92 Å². The van der Waals surface area contributed by atoms with Crippen molar-refractivity contribution in [2.45, 2.75) is 31.9 Å². The maximum atomic E-state index is 11.9. The van der Waals surface area contributed by atoms with Crippen LogP contribution in [0.25, 0.3) is 0 Å². The van der Waals surface area contributed by atoms with Crippen LogP contribution in [0, 0.1) is 5.92 Å². The van der Waals surface area contributed by atoms with Gasteiger partial charge in [0.15, 0.2) is 0 Å². The molecule has 0 aromatic rings. The molecule has 1 rings (SSSR count). The summed E-state index contributed by atoms with van der Waals surface area (Å²) < 4.78 is 5.38. The smallest absolute Gasteiger partial charge is 0.226 e. The van der Waals surface area contributed by atoms with Crippen LogP contribution < -0.4 is 5.32 Å². The molecule has 88 valence electrons. The van der Waals surface area contributed by atoms with Crippen molar-refractivity contribution in [3.8, 4) is 0 Å². The first-order valence-electron chi connectivity index (χ1n) is 5.06. The third kappa shape index (κ3) is 3.71. The minimum absolute atomic E-state index is 0.0115. The largest absolute Gasteiger partial charge is 0.378 e. The van der Waals surface area contributed by atoms with Crippen LogP contribution >= 0.6 is 31.9 Å². The molecular formula is C10H17Br2NO2. The van der Waals surface area contributed by atoms with Gasteiger partial charge < -0.3 is 10.1 Å². The average molecular weight is 343 g/mol. The van der Waals surface area contributed by atoms with Gasteiger partial charge in [-0.15, -0.1) is 0 Å². The van der Waals surface area contributed by atoms with Gasteiger partial charge >= 0.3 is 0 Å². The van der Waals surface area contributed by atoms with Crippen LogP contribution in [0.5, 0.6) is 0 Å². The van der Waals surface area contributed by atoms with Crippen LogP contribution in [0.15, 0.2) is 0 Å². The predicted octanol–water partition coefficient (Wildman–Crippen LogP) is 2.08. The fourth-order valence-electron chi connectivity index (χ4n) is 1.50. The van der Waals surface area contributed by atoms with Crippen LogP contribution in [0.1, 0.15) is 20.3 Å². The highest BCUT2D eigenvalue weighted by Gasteiger charge is 2.32. The molecule has 0 aromatic heterocycles. The van der Waals surface area contributed by atoms with Crippen molar-refractivity contribution < 1.29 is 9.53 Å². The van der Waals surface area contributed by atoms with E-state index in [1.54, 1.807) is 0 Å². The van der Waals surface area contributed by atoms with Crippen LogP contribution in [0.3, 0.4) is 0 Å². The maximum Gasteiger partial charge on any atom is 0.226 e. The molecule has 15 heavy (non-hydrogen) atoms. The van der Waals surface area contributed by atoms with Gasteiger partial charge in [0.1, 0.15) is 0 Å². The van der Waals surface area contributed by atoms with E-state index in [1.807, 2.05) is 13.8 Å². The molecule has 2 atom stereocenters. The molecule has 1 fully saturated rings. The monoisotopic (exact) mass is 341 g/mol. The van der Waals surface area contributed by atoms with Crippen molar-refractivity contribution in [2.75, 3.05) is 17.3 Å². The molecule has 0 aliphatic carbocycles. The third-order valence-electron chi connectivity index (χ3n) is 2.58. The Bertz CT molecular complexity index is 231. The topological polar surface area (TPSA) is 38.3 Å². The predicted molar refractivity (Wildman–Crippen MR) is 67.7 cm³/mol. The van der Waals surface area contributed by atoms with E-state index in [1.165, 1.54) is 0 Å². The second-order valence-electron chi connectivity index (χ2n) is 4.39. The second-order valence-corrected chi connectivity index (χ2v) is 5.52. The van der Waals surface area contributed by atoms with Gasteiger partial charge in [-0.25, -0.2) is 0 Å². The minimum atomic E-state index is -0.219. The van der Waals surface area contributed by atoms with Crippen LogP contribution in [-0.2, 0) is 9.53 Å². The molecule has 5 heteroatoms. The van der Waals surface area contributed by atoms with Crippen LogP contribution in [-0.4, -0.2) is 34.8 Å². The normalized spacial score (nSPS) is 26.7. The lowest BCUT2D eigenvalue weighted by molar-refractivity contribution is -0.126. The van der Waals surface area contributed by atoms with Gasteiger partial charge in [-0.3, -0.25) is 4.79 Å². The number of carbonyl (C=O) groups excluding carboxylic acids is 1. The molecule has 0 aromatic carbocycles. The lowest BCUT2D eigenvalue weighted by Crippen LogP contribution is -2.51. The zero-order valence-corrected chi connectivity index (χ0v) is 12.2. The summed E-state index contributed by atoms with van der Waals surface area (Å²) >= 11 is 6.81. The lowest BCUT2D eigenvalue weighted by Gasteiger charge is -2.27. The Morgan fingerprint density at radius 3 is 2.53 bits per heavy atom. The SMILES string of the molecule is CC1CC(C(=O)NC(C)(CBr)CBr)CO1. The summed E-state index contributed by atoms with van der Waals surface area (Å²) in [5, 5.41) is 4.52. The Balaban J connectivity index is 2.48. The van der Waals surface area contributed by atoms with Gasteiger partial charge in [0.2, 0.25) is 5.91 Å². The Morgan fingerprint density at radius 2 is 2.13 bits per heavy atom. The highest BCUT2D eigenvalue weighted by atomic mass is 79.9. The number of alkyl halides is 2. The number of halogens is 2. The van der Waals surface area contributed by atoms with E-state index in [0.29, 0.717) is 6.61 Å². The Hall–Kier alpha value is 0.390. The van der Waals surface area contributed by atoms with Gasteiger partial charge in [-0.05, 0) is 20.3 Å². The van der Waals surface area contributed by atoms with Crippen molar-refractivity contribution in [1.82, 2.24) is 5.32 Å². The summed E-state index contributed by atoms with van der Waals surface area (Å²) in [5.74, 6) is 0.109. The molecule has 3 nitrogen and oxygen atoms in total. The van der Waals surface area contributed by atoms with E-state index in [2.05, 4.69) is 37.2 Å². The van der Waals surface area contributed by atoms with Gasteiger partial charge in [-0.2, -0.15) is 0 Å². The van der Waals surface area contributed by atoms with Crippen LogP contribution in [0.2, 0.25) is 0 Å².